The van der Waals surface area contributed by atoms with E-state index in [1.54, 1.807) is 12.1 Å². The maximum Gasteiger partial charge on any atom is 0.121 e. The molecule has 1 atom stereocenters. The molecule has 0 saturated carbocycles. The Morgan fingerprint density at radius 1 is 1.50 bits per heavy atom. The fourth-order valence-electron chi connectivity index (χ4n) is 0.984. The van der Waals surface area contributed by atoms with Crippen LogP contribution in [0.5, 0.6) is 5.75 Å². The van der Waals surface area contributed by atoms with Gasteiger partial charge >= 0.3 is 0 Å². The summed E-state index contributed by atoms with van der Waals surface area (Å²) in [6, 6.07) is 4.47. The second-order valence-electron chi connectivity index (χ2n) is 2.46. The standard InChI is InChI=1S/C8H10BrNO2/c9-5-2-1-3-7(12)8(5)6(10)4-11/h1-3,6,11-12H,4,10H2/t6-/m1/s1. The molecule has 1 rings (SSSR count). The zero-order valence-corrected chi connectivity index (χ0v) is 7.95. The highest BCUT2D eigenvalue weighted by atomic mass is 79.9. The zero-order valence-electron chi connectivity index (χ0n) is 6.37. The van der Waals surface area contributed by atoms with Crippen molar-refractivity contribution in [2.45, 2.75) is 6.04 Å². The van der Waals surface area contributed by atoms with E-state index in [4.69, 9.17) is 10.8 Å². The van der Waals surface area contributed by atoms with E-state index < -0.39 is 6.04 Å². The molecule has 0 aromatic heterocycles. The van der Waals surface area contributed by atoms with Gasteiger partial charge in [0.1, 0.15) is 5.75 Å². The molecule has 0 radical (unpaired) electrons. The highest BCUT2D eigenvalue weighted by Gasteiger charge is 2.12. The Bertz CT molecular complexity index is 258. The maximum atomic E-state index is 9.37. The minimum Gasteiger partial charge on any atom is -0.508 e. The third-order valence-corrected chi connectivity index (χ3v) is 2.29. The average Bonchev–Trinajstić information content (AvgIpc) is 2.03. The van der Waals surface area contributed by atoms with Crippen LogP contribution >= 0.6 is 15.9 Å². The Labute approximate surface area is 79.0 Å². The van der Waals surface area contributed by atoms with Gasteiger partial charge in [0.05, 0.1) is 12.6 Å². The Morgan fingerprint density at radius 3 is 2.67 bits per heavy atom. The Morgan fingerprint density at radius 2 is 2.17 bits per heavy atom. The number of nitrogens with two attached hydrogens (primary N) is 1. The van der Waals surface area contributed by atoms with Crippen LogP contribution in [0.3, 0.4) is 0 Å². The molecule has 0 bridgehead atoms. The molecular weight excluding hydrogens is 222 g/mol. The molecule has 1 aromatic carbocycles. The molecule has 1 aromatic rings. The normalized spacial score (nSPS) is 12.9. The predicted molar refractivity (Wildman–Crippen MR) is 49.8 cm³/mol. The number of aromatic hydroxyl groups is 1. The molecule has 4 N–H and O–H groups in total. The summed E-state index contributed by atoms with van der Waals surface area (Å²) in [7, 11) is 0. The minimum absolute atomic E-state index is 0.103. The molecular formula is C8H10BrNO2. The molecule has 0 fully saturated rings. The van der Waals surface area contributed by atoms with E-state index in [2.05, 4.69) is 15.9 Å². The van der Waals surface area contributed by atoms with Gasteiger partial charge in [-0.2, -0.15) is 0 Å². The van der Waals surface area contributed by atoms with Gasteiger partial charge in [-0.1, -0.05) is 22.0 Å². The summed E-state index contributed by atoms with van der Waals surface area (Å²) in [6.07, 6.45) is 0. The number of phenols is 1. The molecule has 0 amide bonds. The Balaban J connectivity index is 3.12. The van der Waals surface area contributed by atoms with E-state index in [0.717, 1.165) is 0 Å². The van der Waals surface area contributed by atoms with Gasteiger partial charge in [0, 0.05) is 10.0 Å². The van der Waals surface area contributed by atoms with Crippen LogP contribution in [0.4, 0.5) is 0 Å². The highest BCUT2D eigenvalue weighted by Crippen LogP contribution is 2.29. The molecule has 12 heavy (non-hydrogen) atoms. The summed E-state index contributed by atoms with van der Waals surface area (Å²) in [6.45, 7) is -0.184. The van der Waals surface area contributed by atoms with Crippen LogP contribution < -0.4 is 5.73 Å². The van der Waals surface area contributed by atoms with Gasteiger partial charge in [-0.05, 0) is 12.1 Å². The van der Waals surface area contributed by atoms with Crippen molar-refractivity contribution in [1.82, 2.24) is 0 Å². The molecule has 0 aliphatic rings. The smallest absolute Gasteiger partial charge is 0.121 e. The van der Waals surface area contributed by atoms with Crippen LogP contribution in [0, 0.1) is 0 Å². The van der Waals surface area contributed by atoms with Crippen molar-refractivity contribution >= 4 is 15.9 Å². The van der Waals surface area contributed by atoms with Crippen LogP contribution in [0.1, 0.15) is 11.6 Å². The van der Waals surface area contributed by atoms with Gasteiger partial charge in [0.2, 0.25) is 0 Å². The lowest BCUT2D eigenvalue weighted by molar-refractivity contribution is 0.265. The first-order chi connectivity index (χ1) is 5.66. The number of aliphatic hydroxyl groups is 1. The predicted octanol–water partition coefficient (Wildman–Crippen LogP) is 1.15. The zero-order chi connectivity index (χ0) is 9.14. The minimum atomic E-state index is -0.541. The summed E-state index contributed by atoms with van der Waals surface area (Å²) < 4.78 is 0.712. The number of rotatable bonds is 2. The van der Waals surface area contributed by atoms with Crippen LogP contribution in [0.2, 0.25) is 0 Å². The Hall–Kier alpha value is -0.580. The van der Waals surface area contributed by atoms with Crippen LogP contribution in [0.25, 0.3) is 0 Å². The molecule has 0 aliphatic carbocycles. The largest absolute Gasteiger partial charge is 0.508 e. The SMILES string of the molecule is N[C@H](CO)c1c(O)cccc1Br. The fraction of sp³-hybridized carbons (Fsp3) is 0.250. The second kappa shape index (κ2) is 3.89. The van der Waals surface area contributed by atoms with Gasteiger partial charge in [-0.3, -0.25) is 0 Å². The molecule has 0 heterocycles. The molecule has 0 spiro atoms. The summed E-state index contributed by atoms with van der Waals surface area (Å²) in [5, 5.41) is 18.2. The first-order valence-corrected chi connectivity index (χ1v) is 4.30. The van der Waals surface area contributed by atoms with Crippen molar-refractivity contribution in [3.63, 3.8) is 0 Å². The highest BCUT2D eigenvalue weighted by molar-refractivity contribution is 9.10. The third kappa shape index (κ3) is 1.77. The molecule has 0 saturated heterocycles. The molecule has 0 aliphatic heterocycles. The number of aliphatic hydroxyl groups excluding tert-OH is 1. The van der Waals surface area contributed by atoms with Gasteiger partial charge < -0.3 is 15.9 Å². The maximum absolute atomic E-state index is 9.37. The van der Waals surface area contributed by atoms with Crippen molar-refractivity contribution in [2.24, 2.45) is 5.73 Å². The lowest BCUT2D eigenvalue weighted by atomic mass is 10.1. The van der Waals surface area contributed by atoms with E-state index in [1.165, 1.54) is 6.07 Å². The van der Waals surface area contributed by atoms with Crippen molar-refractivity contribution in [3.05, 3.63) is 28.2 Å². The van der Waals surface area contributed by atoms with Gasteiger partial charge in [-0.15, -0.1) is 0 Å². The van der Waals surface area contributed by atoms with Gasteiger partial charge in [0.25, 0.3) is 0 Å². The van der Waals surface area contributed by atoms with Crippen molar-refractivity contribution in [3.8, 4) is 5.75 Å². The molecule has 0 unspecified atom stereocenters. The van der Waals surface area contributed by atoms with E-state index in [0.29, 0.717) is 10.0 Å². The van der Waals surface area contributed by atoms with E-state index in [9.17, 15) is 5.11 Å². The number of phenolic OH excluding ortho intramolecular Hbond substituents is 1. The lowest BCUT2D eigenvalue weighted by Gasteiger charge is -2.12. The fourth-order valence-corrected chi connectivity index (χ4v) is 1.63. The van der Waals surface area contributed by atoms with Crippen LogP contribution in [-0.4, -0.2) is 16.8 Å². The van der Waals surface area contributed by atoms with Gasteiger partial charge in [-0.25, -0.2) is 0 Å². The molecule has 66 valence electrons. The summed E-state index contributed by atoms with van der Waals surface area (Å²) in [5.41, 5.74) is 6.10. The molecule has 3 nitrogen and oxygen atoms in total. The first kappa shape index (κ1) is 9.51. The summed E-state index contributed by atoms with van der Waals surface area (Å²) in [4.78, 5) is 0. The van der Waals surface area contributed by atoms with Crippen molar-refractivity contribution in [1.29, 1.82) is 0 Å². The lowest BCUT2D eigenvalue weighted by Crippen LogP contribution is -2.15. The van der Waals surface area contributed by atoms with Crippen molar-refractivity contribution in [2.75, 3.05) is 6.61 Å². The second-order valence-corrected chi connectivity index (χ2v) is 3.32. The average molecular weight is 232 g/mol. The van der Waals surface area contributed by atoms with E-state index in [1.807, 2.05) is 0 Å². The Kier molecular flexibility index (Phi) is 3.08. The summed E-state index contributed by atoms with van der Waals surface area (Å²) in [5.74, 6) is 0.103. The quantitative estimate of drug-likeness (QED) is 0.716. The molecule has 4 heteroatoms. The third-order valence-electron chi connectivity index (χ3n) is 1.60. The number of hydrogen-bond donors (Lipinski definition) is 3. The van der Waals surface area contributed by atoms with E-state index >= 15 is 0 Å². The summed E-state index contributed by atoms with van der Waals surface area (Å²) >= 11 is 3.24. The van der Waals surface area contributed by atoms with Crippen LogP contribution in [0.15, 0.2) is 22.7 Å². The monoisotopic (exact) mass is 231 g/mol. The first-order valence-electron chi connectivity index (χ1n) is 3.50. The number of benzene rings is 1. The van der Waals surface area contributed by atoms with Gasteiger partial charge in [0.15, 0.2) is 0 Å². The van der Waals surface area contributed by atoms with Crippen LogP contribution in [-0.2, 0) is 0 Å². The number of halogens is 1. The topological polar surface area (TPSA) is 66.5 Å². The van der Waals surface area contributed by atoms with E-state index in [-0.39, 0.29) is 12.4 Å². The van der Waals surface area contributed by atoms with Crippen molar-refractivity contribution < 1.29 is 10.2 Å². The number of hydrogen-bond acceptors (Lipinski definition) is 3.